The fraction of sp³-hybridized carbons (Fsp3) is 0.471. The van der Waals surface area contributed by atoms with Gasteiger partial charge < -0.3 is 18.9 Å². The van der Waals surface area contributed by atoms with Crippen molar-refractivity contribution in [2.24, 2.45) is 5.10 Å². The van der Waals surface area contributed by atoms with Gasteiger partial charge in [0.05, 0.1) is 44.7 Å². The molecule has 0 bridgehead atoms. The molecule has 0 saturated carbocycles. The van der Waals surface area contributed by atoms with Crippen LogP contribution in [0.15, 0.2) is 21.7 Å². The van der Waals surface area contributed by atoms with E-state index in [0.29, 0.717) is 34.7 Å². The molecular formula is C17H22BrN3O6. The van der Waals surface area contributed by atoms with Gasteiger partial charge in [0.25, 0.3) is 5.91 Å². The number of nitrogens with one attached hydrogen (secondary N) is 1. The van der Waals surface area contributed by atoms with Gasteiger partial charge in [-0.1, -0.05) is 0 Å². The number of rotatable bonds is 8. The summed E-state index contributed by atoms with van der Waals surface area (Å²) in [7, 11) is 2.77. The van der Waals surface area contributed by atoms with Crippen LogP contribution in [0.5, 0.6) is 11.5 Å². The first-order valence-electron chi connectivity index (χ1n) is 8.22. The van der Waals surface area contributed by atoms with Gasteiger partial charge in [0.15, 0.2) is 18.1 Å². The van der Waals surface area contributed by atoms with E-state index in [4.69, 9.17) is 14.2 Å². The molecule has 27 heavy (non-hydrogen) atoms. The molecule has 0 aromatic heterocycles. The SMILES string of the molecule is COC(=O)COc1c(Br)cc(/C=N\NC(=O)CN2CCOCC2)cc1OC. The third kappa shape index (κ3) is 6.81. The normalized spacial score (nSPS) is 14.8. The molecule has 1 aliphatic heterocycles. The van der Waals surface area contributed by atoms with E-state index in [1.54, 1.807) is 12.1 Å². The second-order valence-electron chi connectivity index (χ2n) is 5.58. The molecular weight excluding hydrogens is 422 g/mol. The summed E-state index contributed by atoms with van der Waals surface area (Å²) in [5, 5.41) is 3.97. The van der Waals surface area contributed by atoms with Crippen molar-refractivity contribution in [3.63, 3.8) is 0 Å². The molecule has 1 N–H and O–H groups in total. The molecule has 1 aromatic carbocycles. The van der Waals surface area contributed by atoms with E-state index in [2.05, 4.69) is 31.2 Å². The van der Waals surface area contributed by atoms with Gasteiger partial charge in [-0.15, -0.1) is 0 Å². The van der Waals surface area contributed by atoms with Crippen LogP contribution in [0.4, 0.5) is 0 Å². The largest absolute Gasteiger partial charge is 0.493 e. The van der Waals surface area contributed by atoms with Crippen LogP contribution in [-0.4, -0.2) is 76.7 Å². The molecule has 0 radical (unpaired) electrons. The van der Waals surface area contributed by atoms with Gasteiger partial charge in [0, 0.05) is 13.1 Å². The maximum Gasteiger partial charge on any atom is 0.343 e. The predicted octanol–water partition coefficient (Wildman–Crippen LogP) is 0.792. The fourth-order valence-electron chi connectivity index (χ4n) is 2.32. The lowest BCUT2D eigenvalue weighted by Gasteiger charge is -2.25. The number of amides is 1. The molecule has 0 unspecified atom stereocenters. The highest BCUT2D eigenvalue weighted by atomic mass is 79.9. The molecule has 1 heterocycles. The number of halogens is 1. The Kier molecular flexibility index (Phi) is 8.49. The van der Waals surface area contributed by atoms with E-state index in [-0.39, 0.29) is 19.1 Å². The Labute approximate surface area is 165 Å². The molecule has 9 nitrogen and oxygen atoms in total. The minimum absolute atomic E-state index is 0.197. The molecule has 1 aromatic rings. The minimum Gasteiger partial charge on any atom is -0.493 e. The Morgan fingerprint density at radius 3 is 2.74 bits per heavy atom. The highest BCUT2D eigenvalue weighted by Gasteiger charge is 2.15. The van der Waals surface area contributed by atoms with Crippen LogP contribution in [0, 0.1) is 0 Å². The third-order valence-corrected chi connectivity index (χ3v) is 4.28. The van der Waals surface area contributed by atoms with Crippen LogP contribution in [-0.2, 0) is 19.1 Å². The van der Waals surface area contributed by atoms with Gasteiger partial charge in [-0.05, 0) is 33.6 Å². The van der Waals surface area contributed by atoms with E-state index >= 15 is 0 Å². The summed E-state index contributed by atoms with van der Waals surface area (Å²) >= 11 is 3.37. The Hall–Kier alpha value is -2.17. The number of carbonyl (C=O) groups excluding carboxylic acids is 2. The van der Waals surface area contributed by atoms with E-state index in [9.17, 15) is 9.59 Å². The zero-order valence-corrected chi connectivity index (χ0v) is 16.8. The number of esters is 1. The Morgan fingerprint density at radius 2 is 2.07 bits per heavy atom. The number of methoxy groups -OCH3 is 2. The Bertz CT molecular complexity index is 691. The molecule has 2 rings (SSSR count). The number of hydrogen-bond acceptors (Lipinski definition) is 8. The molecule has 0 atom stereocenters. The second kappa shape index (κ2) is 10.9. The number of nitrogens with zero attached hydrogens (tertiary/aromatic N) is 2. The van der Waals surface area contributed by atoms with Crippen LogP contribution in [0.1, 0.15) is 5.56 Å². The lowest BCUT2D eigenvalue weighted by atomic mass is 10.2. The molecule has 1 fully saturated rings. The fourth-order valence-corrected chi connectivity index (χ4v) is 2.90. The summed E-state index contributed by atoms with van der Waals surface area (Å²) in [6.07, 6.45) is 1.49. The Balaban J connectivity index is 1.95. The summed E-state index contributed by atoms with van der Waals surface area (Å²) in [6.45, 7) is 2.76. The molecule has 148 valence electrons. The van der Waals surface area contributed by atoms with E-state index in [0.717, 1.165) is 13.1 Å². The van der Waals surface area contributed by atoms with Crippen molar-refractivity contribution in [3.05, 3.63) is 22.2 Å². The van der Waals surface area contributed by atoms with Crippen LogP contribution in [0.2, 0.25) is 0 Å². The summed E-state index contributed by atoms with van der Waals surface area (Å²) in [6, 6.07) is 3.40. The first-order chi connectivity index (χ1) is 13.0. The molecule has 1 amide bonds. The van der Waals surface area contributed by atoms with E-state index in [1.807, 2.05) is 4.90 Å². The van der Waals surface area contributed by atoms with Crippen LogP contribution >= 0.6 is 15.9 Å². The van der Waals surface area contributed by atoms with Gasteiger partial charge in [-0.3, -0.25) is 9.69 Å². The van der Waals surface area contributed by atoms with Crippen molar-refractivity contribution in [3.8, 4) is 11.5 Å². The van der Waals surface area contributed by atoms with Crippen molar-refractivity contribution in [2.45, 2.75) is 0 Å². The Morgan fingerprint density at radius 1 is 1.33 bits per heavy atom. The first kappa shape index (κ1) is 21.1. The minimum atomic E-state index is -0.502. The van der Waals surface area contributed by atoms with Crippen molar-refractivity contribution < 1.29 is 28.5 Å². The van der Waals surface area contributed by atoms with Crippen LogP contribution in [0.25, 0.3) is 0 Å². The lowest BCUT2D eigenvalue weighted by Crippen LogP contribution is -2.42. The maximum atomic E-state index is 11.9. The summed E-state index contributed by atoms with van der Waals surface area (Å²) in [5.41, 5.74) is 3.17. The zero-order valence-electron chi connectivity index (χ0n) is 15.2. The lowest BCUT2D eigenvalue weighted by molar-refractivity contribution is -0.143. The standard InChI is InChI=1S/C17H22BrN3O6/c1-24-14-8-12(7-13(18)17(14)27-11-16(23)25-2)9-19-20-15(22)10-21-3-5-26-6-4-21/h7-9H,3-6,10-11H2,1-2H3,(H,20,22)/b19-9-. The van der Waals surface area contributed by atoms with E-state index < -0.39 is 5.97 Å². The van der Waals surface area contributed by atoms with Crippen molar-refractivity contribution in [2.75, 3.05) is 53.7 Å². The number of hydrazone groups is 1. The second-order valence-corrected chi connectivity index (χ2v) is 6.43. The molecule has 10 heteroatoms. The van der Waals surface area contributed by atoms with Crippen LogP contribution < -0.4 is 14.9 Å². The maximum absolute atomic E-state index is 11.9. The molecule has 1 saturated heterocycles. The van der Waals surface area contributed by atoms with Crippen molar-refractivity contribution in [1.29, 1.82) is 0 Å². The predicted molar refractivity (Wildman–Crippen MR) is 101 cm³/mol. The quantitative estimate of drug-likeness (QED) is 0.360. The summed E-state index contributed by atoms with van der Waals surface area (Å²) in [5.74, 6) is 0.0839. The molecule has 0 spiro atoms. The number of ether oxygens (including phenoxy) is 4. The number of morpholine rings is 1. The highest BCUT2D eigenvalue weighted by molar-refractivity contribution is 9.10. The number of benzene rings is 1. The average Bonchev–Trinajstić information content (AvgIpc) is 2.67. The number of hydrogen-bond donors (Lipinski definition) is 1. The molecule has 1 aliphatic rings. The van der Waals surface area contributed by atoms with E-state index in [1.165, 1.54) is 20.4 Å². The smallest absolute Gasteiger partial charge is 0.343 e. The average molecular weight is 444 g/mol. The topological polar surface area (TPSA) is 98.7 Å². The summed E-state index contributed by atoms with van der Waals surface area (Å²) < 4.78 is 21.1. The zero-order chi connectivity index (χ0) is 19.6. The number of carbonyl (C=O) groups is 2. The van der Waals surface area contributed by atoms with Gasteiger partial charge in [0.2, 0.25) is 0 Å². The van der Waals surface area contributed by atoms with Crippen LogP contribution in [0.3, 0.4) is 0 Å². The highest BCUT2D eigenvalue weighted by Crippen LogP contribution is 2.36. The molecule has 0 aliphatic carbocycles. The summed E-state index contributed by atoms with van der Waals surface area (Å²) in [4.78, 5) is 25.2. The van der Waals surface area contributed by atoms with Gasteiger partial charge >= 0.3 is 5.97 Å². The van der Waals surface area contributed by atoms with Crippen molar-refractivity contribution in [1.82, 2.24) is 10.3 Å². The third-order valence-electron chi connectivity index (χ3n) is 3.69. The van der Waals surface area contributed by atoms with Gasteiger partial charge in [-0.25, -0.2) is 10.2 Å². The van der Waals surface area contributed by atoms with Crippen molar-refractivity contribution >= 4 is 34.0 Å². The van der Waals surface area contributed by atoms with Gasteiger partial charge in [-0.2, -0.15) is 5.10 Å². The van der Waals surface area contributed by atoms with Gasteiger partial charge in [0.1, 0.15) is 0 Å². The first-order valence-corrected chi connectivity index (χ1v) is 9.02. The monoisotopic (exact) mass is 443 g/mol.